The van der Waals surface area contributed by atoms with Crippen molar-refractivity contribution in [1.29, 1.82) is 0 Å². The van der Waals surface area contributed by atoms with E-state index in [4.69, 9.17) is 0 Å². The van der Waals surface area contributed by atoms with Crippen molar-refractivity contribution in [3.8, 4) is 0 Å². The van der Waals surface area contributed by atoms with Crippen LogP contribution in [-0.4, -0.2) is 22.4 Å². The number of aromatic nitrogens is 2. The summed E-state index contributed by atoms with van der Waals surface area (Å²) in [7, 11) is 0. The predicted molar refractivity (Wildman–Crippen MR) is 95.7 cm³/mol. The third-order valence-corrected chi connectivity index (χ3v) is 3.72. The average molecular weight is 320 g/mol. The molecule has 3 rings (SSSR count). The summed E-state index contributed by atoms with van der Waals surface area (Å²) in [6.45, 7) is 2.99. The first-order chi connectivity index (χ1) is 11.7. The highest BCUT2D eigenvalue weighted by molar-refractivity contribution is 5.77. The SMILES string of the molecule is Cc1nc2ccccc2nc1NCCC(=O)NCc1ccccc1. The fourth-order valence-electron chi connectivity index (χ4n) is 2.44. The largest absolute Gasteiger partial charge is 0.368 e. The molecule has 0 atom stereocenters. The molecule has 0 aliphatic heterocycles. The molecular formula is C19H20N4O. The van der Waals surface area contributed by atoms with Crippen LogP contribution >= 0.6 is 0 Å². The van der Waals surface area contributed by atoms with E-state index >= 15 is 0 Å². The number of para-hydroxylation sites is 2. The van der Waals surface area contributed by atoms with Crippen LogP contribution in [0.5, 0.6) is 0 Å². The number of anilines is 1. The fourth-order valence-corrected chi connectivity index (χ4v) is 2.44. The van der Waals surface area contributed by atoms with Crippen molar-refractivity contribution < 1.29 is 4.79 Å². The van der Waals surface area contributed by atoms with E-state index in [1.807, 2.05) is 61.5 Å². The highest BCUT2D eigenvalue weighted by Crippen LogP contribution is 2.15. The van der Waals surface area contributed by atoms with Gasteiger partial charge in [0.2, 0.25) is 5.91 Å². The standard InChI is InChI=1S/C19H20N4O/c1-14-19(23-17-10-6-5-9-16(17)22-14)20-12-11-18(24)21-13-15-7-3-2-4-8-15/h2-10H,11-13H2,1H3,(H,20,23)(H,21,24). The second kappa shape index (κ2) is 7.55. The minimum Gasteiger partial charge on any atom is -0.368 e. The summed E-state index contributed by atoms with van der Waals surface area (Å²) in [6, 6.07) is 17.6. The van der Waals surface area contributed by atoms with Gasteiger partial charge in [0.05, 0.1) is 16.7 Å². The van der Waals surface area contributed by atoms with Crippen molar-refractivity contribution in [3.63, 3.8) is 0 Å². The summed E-state index contributed by atoms with van der Waals surface area (Å²) in [6.07, 6.45) is 0.390. The van der Waals surface area contributed by atoms with Gasteiger partial charge in [0.1, 0.15) is 5.82 Å². The van der Waals surface area contributed by atoms with Gasteiger partial charge in [-0.3, -0.25) is 4.79 Å². The van der Waals surface area contributed by atoms with E-state index < -0.39 is 0 Å². The number of carbonyl (C=O) groups excluding carboxylic acids is 1. The van der Waals surface area contributed by atoms with Crippen LogP contribution in [0.15, 0.2) is 54.6 Å². The molecule has 1 heterocycles. The molecule has 0 saturated heterocycles. The zero-order chi connectivity index (χ0) is 16.8. The van der Waals surface area contributed by atoms with Crippen LogP contribution in [0.4, 0.5) is 5.82 Å². The van der Waals surface area contributed by atoms with Crippen LogP contribution < -0.4 is 10.6 Å². The first kappa shape index (κ1) is 15.9. The molecule has 0 aliphatic rings. The molecule has 0 aliphatic carbocycles. The maximum absolute atomic E-state index is 11.9. The van der Waals surface area contributed by atoms with Crippen LogP contribution in [0.3, 0.4) is 0 Å². The number of hydrogen-bond acceptors (Lipinski definition) is 4. The van der Waals surface area contributed by atoms with Gasteiger partial charge in [-0.05, 0) is 24.6 Å². The lowest BCUT2D eigenvalue weighted by Crippen LogP contribution is -2.25. The number of amides is 1. The lowest BCUT2D eigenvalue weighted by molar-refractivity contribution is -0.121. The summed E-state index contributed by atoms with van der Waals surface area (Å²) < 4.78 is 0. The number of nitrogens with zero attached hydrogens (tertiary/aromatic N) is 2. The molecule has 5 heteroatoms. The molecule has 0 fully saturated rings. The Labute approximate surface area is 141 Å². The second-order valence-electron chi connectivity index (χ2n) is 5.59. The van der Waals surface area contributed by atoms with Gasteiger partial charge in [0, 0.05) is 19.5 Å². The van der Waals surface area contributed by atoms with Gasteiger partial charge < -0.3 is 10.6 Å². The summed E-state index contributed by atoms with van der Waals surface area (Å²) in [5, 5.41) is 6.11. The Hall–Kier alpha value is -2.95. The molecule has 24 heavy (non-hydrogen) atoms. The van der Waals surface area contributed by atoms with E-state index in [1.165, 1.54) is 0 Å². The van der Waals surface area contributed by atoms with Crippen molar-refractivity contribution in [2.75, 3.05) is 11.9 Å². The lowest BCUT2D eigenvalue weighted by atomic mass is 10.2. The molecule has 5 nitrogen and oxygen atoms in total. The summed E-state index contributed by atoms with van der Waals surface area (Å²) in [4.78, 5) is 21.0. The number of fused-ring (bicyclic) bond motifs is 1. The highest BCUT2D eigenvalue weighted by Gasteiger charge is 2.06. The zero-order valence-corrected chi connectivity index (χ0v) is 13.6. The number of nitrogens with one attached hydrogen (secondary N) is 2. The van der Waals surface area contributed by atoms with Crippen molar-refractivity contribution in [1.82, 2.24) is 15.3 Å². The number of carbonyl (C=O) groups is 1. The molecule has 0 unspecified atom stereocenters. The molecule has 1 aromatic heterocycles. The summed E-state index contributed by atoms with van der Waals surface area (Å²) in [5.41, 5.74) is 3.65. The number of hydrogen-bond donors (Lipinski definition) is 2. The Balaban J connectivity index is 1.51. The van der Waals surface area contributed by atoms with Crippen LogP contribution in [0.2, 0.25) is 0 Å². The van der Waals surface area contributed by atoms with Crippen LogP contribution in [0, 0.1) is 6.92 Å². The van der Waals surface area contributed by atoms with Gasteiger partial charge in [-0.25, -0.2) is 9.97 Å². The third-order valence-electron chi connectivity index (χ3n) is 3.72. The van der Waals surface area contributed by atoms with Gasteiger partial charge in [0.25, 0.3) is 0 Å². The van der Waals surface area contributed by atoms with Gasteiger partial charge in [-0.15, -0.1) is 0 Å². The van der Waals surface area contributed by atoms with Crippen LogP contribution in [0.1, 0.15) is 17.7 Å². The van der Waals surface area contributed by atoms with Gasteiger partial charge in [0.15, 0.2) is 0 Å². The van der Waals surface area contributed by atoms with E-state index in [1.54, 1.807) is 0 Å². The fraction of sp³-hybridized carbons (Fsp3) is 0.211. The molecule has 0 bridgehead atoms. The van der Waals surface area contributed by atoms with Crippen LogP contribution in [-0.2, 0) is 11.3 Å². The maximum Gasteiger partial charge on any atom is 0.222 e. The minimum absolute atomic E-state index is 0.0118. The third kappa shape index (κ3) is 4.07. The van der Waals surface area contributed by atoms with Gasteiger partial charge >= 0.3 is 0 Å². The van der Waals surface area contributed by atoms with Gasteiger partial charge in [-0.1, -0.05) is 42.5 Å². The van der Waals surface area contributed by atoms with Crippen molar-refractivity contribution >= 4 is 22.8 Å². The Morgan fingerprint density at radius 3 is 2.38 bits per heavy atom. The van der Waals surface area contributed by atoms with E-state index in [-0.39, 0.29) is 5.91 Å². The molecule has 1 amide bonds. The summed E-state index contributed by atoms with van der Waals surface area (Å²) >= 11 is 0. The predicted octanol–water partition coefficient (Wildman–Crippen LogP) is 3.06. The molecule has 0 saturated carbocycles. The lowest BCUT2D eigenvalue weighted by Gasteiger charge is -2.10. The Morgan fingerprint density at radius 2 is 1.62 bits per heavy atom. The van der Waals surface area contributed by atoms with E-state index in [2.05, 4.69) is 20.6 Å². The summed E-state index contributed by atoms with van der Waals surface area (Å²) in [5.74, 6) is 0.738. The Kier molecular flexibility index (Phi) is 5.01. The number of aryl methyl sites for hydroxylation is 1. The first-order valence-electron chi connectivity index (χ1n) is 8.00. The molecule has 0 spiro atoms. The minimum atomic E-state index is 0.0118. The first-order valence-corrected chi connectivity index (χ1v) is 8.00. The average Bonchev–Trinajstić information content (AvgIpc) is 2.61. The van der Waals surface area contributed by atoms with Crippen molar-refractivity contribution in [2.45, 2.75) is 19.9 Å². The molecule has 3 aromatic rings. The van der Waals surface area contributed by atoms with Crippen LogP contribution in [0.25, 0.3) is 11.0 Å². The Morgan fingerprint density at radius 1 is 0.958 bits per heavy atom. The van der Waals surface area contributed by atoms with Crippen molar-refractivity contribution in [2.24, 2.45) is 0 Å². The maximum atomic E-state index is 11.9. The normalized spacial score (nSPS) is 10.5. The molecule has 122 valence electrons. The monoisotopic (exact) mass is 320 g/mol. The topological polar surface area (TPSA) is 66.9 Å². The molecule has 0 radical (unpaired) electrons. The number of rotatable bonds is 6. The zero-order valence-electron chi connectivity index (χ0n) is 13.6. The van der Waals surface area contributed by atoms with E-state index in [0.29, 0.717) is 19.5 Å². The Bertz CT molecular complexity index is 833. The van der Waals surface area contributed by atoms with Gasteiger partial charge in [-0.2, -0.15) is 0 Å². The van der Waals surface area contributed by atoms with E-state index in [9.17, 15) is 4.79 Å². The van der Waals surface area contributed by atoms with Crippen molar-refractivity contribution in [3.05, 3.63) is 65.9 Å². The van der Waals surface area contributed by atoms with E-state index in [0.717, 1.165) is 28.1 Å². The smallest absolute Gasteiger partial charge is 0.222 e. The molecule has 2 N–H and O–H groups in total. The molecule has 2 aromatic carbocycles. The number of benzene rings is 2. The highest BCUT2D eigenvalue weighted by atomic mass is 16.1. The molecular weight excluding hydrogens is 300 g/mol. The quantitative estimate of drug-likeness (QED) is 0.732. The second-order valence-corrected chi connectivity index (χ2v) is 5.59.